The number of fused-ring (bicyclic) bond motifs is 1. The molecule has 0 spiro atoms. The molecule has 1 N–H and O–H groups in total. The van der Waals surface area contributed by atoms with Crippen LogP contribution in [0.25, 0.3) is 0 Å². The smallest absolute Gasteiger partial charge is 0.268 e. The van der Waals surface area contributed by atoms with Gasteiger partial charge in [-0.1, -0.05) is 45.0 Å². The number of thiophene rings is 1. The highest BCUT2D eigenvalue weighted by Gasteiger charge is 2.26. The molecule has 5 nitrogen and oxygen atoms in total. The average molecular weight is 435 g/mol. The van der Waals surface area contributed by atoms with Crippen LogP contribution in [-0.4, -0.2) is 25.0 Å². The van der Waals surface area contributed by atoms with Gasteiger partial charge in [0.25, 0.3) is 11.8 Å². The first kappa shape index (κ1) is 21.1. The first-order valence-corrected chi connectivity index (χ1v) is 11.2. The SMILES string of the molecule is CC(C)(C)c1ccc(OCC(=O)Nc2ccc3c(c2)N(C(=O)c2cccs2)CC3)cc1. The molecule has 0 atom stereocenters. The number of anilines is 2. The summed E-state index contributed by atoms with van der Waals surface area (Å²) in [7, 11) is 0. The third-order valence-corrected chi connectivity index (χ3v) is 6.19. The number of ether oxygens (including phenoxy) is 1. The van der Waals surface area contributed by atoms with Crippen molar-refractivity contribution in [2.24, 2.45) is 0 Å². The molecule has 6 heteroatoms. The largest absolute Gasteiger partial charge is 0.484 e. The highest BCUT2D eigenvalue weighted by atomic mass is 32.1. The summed E-state index contributed by atoms with van der Waals surface area (Å²) in [6.07, 6.45) is 0.814. The van der Waals surface area contributed by atoms with Gasteiger partial charge in [-0.05, 0) is 58.7 Å². The summed E-state index contributed by atoms with van der Waals surface area (Å²) in [6, 6.07) is 17.2. The standard InChI is InChI=1S/C25H26N2O3S/c1-25(2,3)18-7-10-20(11-8-18)30-16-23(28)26-19-9-6-17-12-13-27(21(17)15-19)24(29)22-5-4-14-31-22/h4-11,14-15H,12-13,16H2,1-3H3,(H,26,28). The van der Waals surface area contributed by atoms with Gasteiger partial charge < -0.3 is 15.0 Å². The number of benzene rings is 2. The Morgan fingerprint density at radius 3 is 2.55 bits per heavy atom. The Bertz CT molecular complexity index is 1080. The van der Waals surface area contributed by atoms with E-state index in [-0.39, 0.29) is 23.8 Å². The fourth-order valence-electron chi connectivity index (χ4n) is 3.60. The molecule has 1 aliphatic rings. The number of nitrogens with zero attached hydrogens (tertiary/aromatic N) is 1. The lowest BCUT2D eigenvalue weighted by atomic mass is 9.87. The van der Waals surface area contributed by atoms with Crippen molar-refractivity contribution >= 4 is 34.5 Å². The van der Waals surface area contributed by atoms with Crippen LogP contribution in [0.15, 0.2) is 60.0 Å². The average Bonchev–Trinajstić information content (AvgIpc) is 3.41. The van der Waals surface area contributed by atoms with Crippen LogP contribution >= 0.6 is 11.3 Å². The summed E-state index contributed by atoms with van der Waals surface area (Å²) in [6.45, 7) is 7.03. The van der Waals surface area contributed by atoms with Gasteiger partial charge in [-0.25, -0.2) is 0 Å². The second kappa shape index (κ2) is 8.55. The van der Waals surface area contributed by atoms with Crippen LogP contribution in [0.2, 0.25) is 0 Å². The lowest BCUT2D eigenvalue weighted by Gasteiger charge is -2.19. The van der Waals surface area contributed by atoms with E-state index >= 15 is 0 Å². The van der Waals surface area contributed by atoms with Gasteiger partial charge >= 0.3 is 0 Å². The molecule has 0 bridgehead atoms. The second-order valence-corrected chi connectivity index (χ2v) is 9.59. The van der Waals surface area contributed by atoms with E-state index in [0.717, 1.165) is 17.7 Å². The molecule has 0 radical (unpaired) electrons. The quantitative estimate of drug-likeness (QED) is 0.595. The third-order valence-electron chi connectivity index (χ3n) is 5.33. The van der Waals surface area contributed by atoms with Crippen molar-refractivity contribution in [2.45, 2.75) is 32.6 Å². The van der Waals surface area contributed by atoms with Gasteiger partial charge in [-0.15, -0.1) is 11.3 Å². The lowest BCUT2D eigenvalue weighted by Crippen LogP contribution is -2.28. The zero-order chi connectivity index (χ0) is 22.0. The summed E-state index contributed by atoms with van der Waals surface area (Å²) in [5.74, 6) is 0.415. The van der Waals surface area contributed by atoms with Gasteiger partial charge in [0.2, 0.25) is 0 Å². The van der Waals surface area contributed by atoms with Crippen LogP contribution < -0.4 is 15.0 Å². The van der Waals surface area contributed by atoms with E-state index in [9.17, 15) is 9.59 Å². The van der Waals surface area contributed by atoms with E-state index in [1.807, 2.05) is 60.0 Å². The maximum Gasteiger partial charge on any atom is 0.268 e. The number of amides is 2. The molecule has 1 aromatic heterocycles. The molecule has 0 saturated heterocycles. The Hall–Kier alpha value is -3.12. The van der Waals surface area contributed by atoms with Crippen molar-refractivity contribution in [3.8, 4) is 5.75 Å². The van der Waals surface area contributed by atoms with Crippen LogP contribution in [0.5, 0.6) is 5.75 Å². The number of hydrogen-bond donors (Lipinski definition) is 1. The van der Waals surface area contributed by atoms with Crippen molar-refractivity contribution in [1.29, 1.82) is 0 Å². The van der Waals surface area contributed by atoms with Crippen LogP contribution in [0.4, 0.5) is 11.4 Å². The van der Waals surface area contributed by atoms with E-state index < -0.39 is 0 Å². The van der Waals surface area contributed by atoms with Crippen LogP contribution in [0.1, 0.15) is 41.6 Å². The zero-order valence-corrected chi connectivity index (χ0v) is 18.8. The van der Waals surface area contributed by atoms with Gasteiger partial charge in [0.05, 0.1) is 4.88 Å². The fourth-order valence-corrected chi connectivity index (χ4v) is 4.27. The second-order valence-electron chi connectivity index (χ2n) is 8.64. The minimum Gasteiger partial charge on any atom is -0.484 e. The lowest BCUT2D eigenvalue weighted by molar-refractivity contribution is -0.118. The molecular formula is C25H26N2O3S. The summed E-state index contributed by atoms with van der Waals surface area (Å²) in [5.41, 5.74) is 3.90. The van der Waals surface area contributed by atoms with Crippen LogP contribution in [0, 0.1) is 0 Å². The molecule has 4 rings (SSSR count). The number of carbonyl (C=O) groups is 2. The highest BCUT2D eigenvalue weighted by Crippen LogP contribution is 2.32. The number of hydrogen-bond acceptors (Lipinski definition) is 4. The van der Waals surface area contributed by atoms with Gasteiger partial charge in [0.15, 0.2) is 6.61 Å². The summed E-state index contributed by atoms with van der Waals surface area (Å²) in [5, 5.41) is 4.77. The van der Waals surface area contributed by atoms with E-state index in [2.05, 4.69) is 26.1 Å². The molecule has 0 aliphatic carbocycles. The Labute approximate surface area is 186 Å². The van der Waals surface area contributed by atoms with Crippen molar-refractivity contribution in [2.75, 3.05) is 23.4 Å². The number of rotatable bonds is 5. The Morgan fingerprint density at radius 1 is 1.10 bits per heavy atom. The molecular weight excluding hydrogens is 408 g/mol. The van der Waals surface area contributed by atoms with Crippen LogP contribution in [0.3, 0.4) is 0 Å². The maximum atomic E-state index is 12.8. The van der Waals surface area contributed by atoms with Gasteiger partial charge in [-0.3, -0.25) is 9.59 Å². The first-order valence-electron chi connectivity index (χ1n) is 10.3. The van der Waals surface area contributed by atoms with Crippen molar-refractivity contribution in [1.82, 2.24) is 0 Å². The molecule has 160 valence electrons. The molecule has 2 amide bonds. The van der Waals surface area contributed by atoms with Gasteiger partial charge in [-0.2, -0.15) is 0 Å². The predicted octanol–water partition coefficient (Wildman–Crippen LogP) is 5.27. The van der Waals surface area contributed by atoms with Crippen molar-refractivity contribution in [3.05, 3.63) is 76.0 Å². The van der Waals surface area contributed by atoms with Gasteiger partial charge in [0.1, 0.15) is 5.75 Å². The first-order chi connectivity index (χ1) is 14.8. The van der Waals surface area contributed by atoms with Crippen molar-refractivity contribution < 1.29 is 14.3 Å². The molecule has 31 heavy (non-hydrogen) atoms. The predicted molar refractivity (Wildman–Crippen MR) is 125 cm³/mol. The normalized spacial score (nSPS) is 13.1. The Balaban J connectivity index is 1.38. The third kappa shape index (κ3) is 4.80. The van der Waals surface area contributed by atoms with E-state index in [0.29, 0.717) is 22.9 Å². The molecule has 0 unspecified atom stereocenters. The fraction of sp³-hybridized carbons (Fsp3) is 0.280. The summed E-state index contributed by atoms with van der Waals surface area (Å²) >= 11 is 1.44. The van der Waals surface area contributed by atoms with Crippen LogP contribution in [-0.2, 0) is 16.6 Å². The highest BCUT2D eigenvalue weighted by molar-refractivity contribution is 7.12. The van der Waals surface area contributed by atoms with Crippen molar-refractivity contribution in [3.63, 3.8) is 0 Å². The van der Waals surface area contributed by atoms with Gasteiger partial charge in [0, 0.05) is 17.9 Å². The molecule has 1 aliphatic heterocycles. The minimum absolute atomic E-state index is 0.000682. The summed E-state index contributed by atoms with van der Waals surface area (Å²) < 4.78 is 5.63. The molecule has 0 saturated carbocycles. The van der Waals surface area contributed by atoms with E-state index in [1.54, 1.807) is 4.90 Å². The topological polar surface area (TPSA) is 58.6 Å². The molecule has 2 aromatic carbocycles. The number of carbonyl (C=O) groups excluding carboxylic acids is 2. The number of nitrogens with one attached hydrogen (secondary N) is 1. The Morgan fingerprint density at radius 2 is 1.87 bits per heavy atom. The maximum absolute atomic E-state index is 12.8. The zero-order valence-electron chi connectivity index (χ0n) is 18.0. The van der Waals surface area contributed by atoms with E-state index in [4.69, 9.17) is 4.74 Å². The molecule has 2 heterocycles. The monoisotopic (exact) mass is 434 g/mol. The van der Waals surface area contributed by atoms with E-state index in [1.165, 1.54) is 16.9 Å². The minimum atomic E-state index is -0.242. The molecule has 0 fully saturated rings. The Kier molecular flexibility index (Phi) is 5.83. The summed E-state index contributed by atoms with van der Waals surface area (Å²) in [4.78, 5) is 27.7. The molecule has 3 aromatic rings.